The first-order chi connectivity index (χ1) is 16.0. The molecule has 0 aliphatic heterocycles. The van der Waals surface area contributed by atoms with Crippen molar-refractivity contribution in [1.82, 2.24) is 0 Å². The fraction of sp³-hybridized carbons (Fsp3) is 0.0968. The van der Waals surface area contributed by atoms with Gasteiger partial charge in [0.05, 0.1) is 0 Å². The van der Waals surface area contributed by atoms with Gasteiger partial charge in [-0.25, -0.2) is 0 Å². The van der Waals surface area contributed by atoms with E-state index in [0.717, 1.165) is 16.5 Å². The van der Waals surface area contributed by atoms with Crippen LogP contribution in [-0.2, 0) is 5.41 Å². The molecule has 5 aromatic rings. The van der Waals surface area contributed by atoms with E-state index in [2.05, 4.69) is 56.3 Å². The third-order valence-electron chi connectivity index (χ3n) is 6.07. The molecule has 0 atom stereocenters. The van der Waals surface area contributed by atoms with Gasteiger partial charge in [0, 0.05) is 11.0 Å². The summed E-state index contributed by atoms with van der Waals surface area (Å²) in [5.74, 6) is 0.636. The molecule has 5 rings (SSSR count). The maximum Gasteiger partial charge on any atom is 0.123 e. The molecule has 0 heterocycles. The summed E-state index contributed by atoms with van der Waals surface area (Å²) in [6.45, 7) is 4.38. The van der Waals surface area contributed by atoms with E-state index in [9.17, 15) is 10.2 Å². The highest BCUT2D eigenvalue weighted by Gasteiger charge is 2.22. The van der Waals surface area contributed by atoms with Crippen molar-refractivity contribution in [3.8, 4) is 22.6 Å². The fourth-order valence-electron chi connectivity index (χ4n) is 4.06. The summed E-state index contributed by atoms with van der Waals surface area (Å²) in [5.41, 5.74) is 4.40. The zero-order chi connectivity index (χ0) is 23.3. The van der Waals surface area contributed by atoms with Gasteiger partial charge in [0.15, 0.2) is 0 Å². The predicted octanol–water partition coefficient (Wildman–Crippen LogP) is 7.93. The van der Waals surface area contributed by atoms with Gasteiger partial charge in [-0.2, -0.15) is 0 Å². The molecule has 0 amide bonds. The molecule has 2 nitrogen and oxygen atoms in total. The van der Waals surface area contributed by atoms with E-state index < -0.39 is 0 Å². The summed E-state index contributed by atoms with van der Waals surface area (Å²) in [4.78, 5) is 0. The summed E-state index contributed by atoms with van der Waals surface area (Å²) in [7, 11) is 0. The van der Waals surface area contributed by atoms with Crippen molar-refractivity contribution in [2.75, 3.05) is 0 Å². The fourth-order valence-corrected chi connectivity index (χ4v) is 4.06. The smallest absolute Gasteiger partial charge is 0.123 e. The van der Waals surface area contributed by atoms with Gasteiger partial charge in [0.1, 0.15) is 11.5 Å². The minimum Gasteiger partial charge on any atom is -0.508 e. The monoisotopic (exact) mass is 432 g/mol. The van der Waals surface area contributed by atoms with Crippen molar-refractivity contribution in [1.29, 1.82) is 0 Å². The van der Waals surface area contributed by atoms with Crippen LogP contribution in [0.4, 0.5) is 0 Å². The maximum absolute atomic E-state index is 9.92. The van der Waals surface area contributed by atoms with Gasteiger partial charge >= 0.3 is 0 Å². The van der Waals surface area contributed by atoms with Crippen LogP contribution in [0, 0.1) is 0 Å². The van der Waals surface area contributed by atoms with E-state index in [0.29, 0.717) is 11.5 Å². The molecule has 2 heteroatoms. The average Bonchev–Trinajstić information content (AvgIpc) is 2.85. The number of phenolic OH excluding ortho intramolecular Hbond substituents is 2. The van der Waals surface area contributed by atoms with Crippen LogP contribution < -0.4 is 0 Å². The van der Waals surface area contributed by atoms with Crippen molar-refractivity contribution in [2.45, 2.75) is 19.3 Å². The molecule has 164 valence electrons. The molecular weight excluding hydrogens is 404 g/mol. The number of fused-ring (bicyclic) bond motifs is 1. The SMILES string of the molecule is CC(C)(c1ccccc1)c1ccc(O)cc1.Oc1ccccc1-c1cccc2ccccc12. The van der Waals surface area contributed by atoms with Crippen molar-refractivity contribution >= 4 is 10.8 Å². The Kier molecular flexibility index (Phi) is 6.46. The Morgan fingerprint density at radius 1 is 0.485 bits per heavy atom. The summed E-state index contributed by atoms with van der Waals surface area (Å²) in [6, 6.07) is 39.6. The standard InChI is InChI=1S/C16H12O.C15H16O/c17-16-11-4-3-9-15(16)14-10-5-7-12-6-1-2-8-13(12)14;1-15(2,12-6-4-3-5-7-12)13-8-10-14(16)11-9-13/h1-11,17H;3-11,16H,1-2H3. The number of para-hydroxylation sites is 1. The van der Waals surface area contributed by atoms with Crippen LogP contribution in [0.2, 0.25) is 0 Å². The zero-order valence-corrected chi connectivity index (χ0v) is 18.9. The third-order valence-corrected chi connectivity index (χ3v) is 6.07. The predicted molar refractivity (Wildman–Crippen MR) is 138 cm³/mol. The molecule has 0 bridgehead atoms. The van der Waals surface area contributed by atoms with Gasteiger partial charge in [0.25, 0.3) is 0 Å². The van der Waals surface area contributed by atoms with Gasteiger partial charge in [-0.3, -0.25) is 0 Å². The summed E-state index contributed by atoms with van der Waals surface area (Å²) in [6.07, 6.45) is 0. The van der Waals surface area contributed by atoms with E-state index in [4.69, 9.17) is 0 Å². The van der Waals surface area contributed by atoms with E-state index in [1.807, 2.05) is 60.7 Å². The average molecular weight is 433 g/mol. The molecule has 0 fully saturated rings. The van der Waals surface area contributed by atoms with Crippen molar-refractivity contribution in [3.05, 3.63) is 132 Å². The van der Waals surface area contributed by atoms with Crippen molar-refractivity contribution in [3.63, 3.8) is 0 Å². The highest BCUT2D eigenvalue weighted by atomic mass is 16.3. The maximum atomic E-state index is 9.92. The molecule has 0 aliphatic carbocycles. The molecule has 0 saturated heterocycles. The van der Waals surface area contributed by atoms with Crippen LogP contribution in [0.1, 0.15) is 25.0 Å². The Hall–Kier alpha value is -4.04. The van der Waals surface area contributed by atoms with Crippen LogP contribution in [-0.4, -0.2) is 10.2 Å². The van der Waals surface area contributed by atoms with Crippen molar-refractivity contribution < 1.29 is 10.2 Å². The Morgan fingerprint density at radius 2 is 1.03 bits per heavy atom. The number of aromatic hydroxyl groups is 2. The molecule has 0 saturated carbocycles. The first-order valence-corrected chi connectivity index (χ1v) is 11.1. The summed E-state index contributed by atoms with van der Waals surface area (Å²) >= 11 is 0. The van der Waals surface area contributed by atoms with Gasteiger partial charge < -0.3 is 10.2 Å². The van der Waals surface area contributed by atoms with Gasteiger partial charge in [-0.1, -0.05) is 117 Å². The van der Waals surface area contributed by atoms with Crippen LogP contribution in [0.3, 0.4) is 0 Å². The highest BCUT2D eigenvalue weighted by Crippen LogP contribution is 2.34. The number of benzene rings is 5. The minimum absolute atomic E-state index is 0.0328. The molecular formula is C31H28O2. The van der Waals surface area contributed by atoms with E-state index >= 15 is 0 Å². The van der Waals surface area contributed by atoms with Crippen LogP contribution in [0.15, 0.2) is 121 Å². The van der Waals surface area contributed by atoms with Crippen LogP contribution in [0.25, 0.3) is 21.9 Å². The van der Waals surface area contributed by atoms with E-state index in [1.165, 1.54) is 16.5 Å². The van der Waals surface area contributed by atoms with E-state index in [-0.39, 0.29) is 5.41 Å². The lowest BCUT2D eigenvalue weighted by Crippen LogP contribution is -2.18. The molecule has 0 aliphatic rings. The summed E-state index contributed by atoms with van der Waals surface area (Å²) in [5, 5.41) is 21.6. The molecule has 0 unspecified atom stereocenters. The quantitative estimate of drug-likeness (QED) is 0.304. The van der Waals surface area contributed by atoms with Crippen LogP contribution >= 0.6 is 0 Å². The Bertz CT molecular complexity index is 1330. The molecule has 2 N–H and O–H groups in total. The second-order valence-corrected chi connectivity index (χ2v) is 8.58. The molecule has 0 radical (unpaired) electrons. The lowest BCUT2D eigenvalue weighted by atomic mass is 9.78. The third kappa shape index (κ3) is 4.91. The van der Waals surface area contributed by atoms with Gasteiger partial charge in [-0.15, -0.1) is 0 Å². The van der Waals surface area contributed by atoms with Crippen molar-refractivity contribution in [2.24, 2.45) is 0 Å². The highest BCUT2D eigenvalue weighted by molar-refractivity contribution is 5.97. The lowest BCUT2D eigenvalue weighted by molar-refractivity contribution is 0.474. The molecule has 33 heavy (non-hydrogen) atoms. The first kappa shape index (κ1) is 22.2. The van der Waals surface area contributed by atoms with Crippen LogP contribution in [0.5, 0.6) is 11.5 Å². The normalized spacial score (nSPS) is 11.0. The molecule has 0 aromatic heterocycles. The van der Waals surface area contributed by atoms with Gasteiger partial charge in [-0.05, 0) is 45.7 Å². The Morgan fingerprint density at radius 3 is 1.76 bits per heavy atom. The largest absolute Gasteiger partial charge is 0.508 e. The zero-order valence-electron chi connectivity index (χ0n) is 18.9. The lowest BCUT2D eigenvalue weighted by Gasteiger charge is -2.26. The topological polar surface area (TPSA) is 40.5 Å². The number of rotatable bonds is 3. The Labute approximate surface area is 195 Å². The Balaban J connectivity index is 0.000000157. The first-order valence-electron chi connectivity index (χ1n) is 11.1. The van der Waals surface area contributed by atoms with E-state index in [1.54, 1.807) is 18.2 Å². The van der Waals surface area contributed by atoms with Gasteiger partial charge in [0.2, 0.25) is 0 Å². The second kappa shape index (κ2) is 9.62. The molecule has 5 aromatic carbocycles. The second-order valence-electron chi connectivity index (χ2n) is 8.58. The number of hydrogen-bond donors (Lipinski definition) is 2. The minimum atomic E-state index is -0.0328. The number of hydrogen-bond acceptors (Lipinski definition) is 2. The summed E-state index contributed by atoms with van der Waals surface area (Å²) < 4.78 is 0. The number of phenols is 2. The molecule has 0 spiro atoms.